The normalized spacial score (nSPS) is 17.1. The lowest BCUT2D eigenvalue weighted by atomic mass is 9.84. The summed E-state index contributed by atoms with van der Waals surface area (Å²) in [4.78, 5) is 13.9. The molecule has 0 aliphatic carbocycles. The fourth-order valence-corrected chi connectivity index (χ4v) is 3.32. The van der Waals surface area contributed by atoms with E-state index < -0.39 is 30.1 Å². The fraction of sp³-hybridized carbons (Fsp3) is 0.611. The van der Waals surface area contributed by atoms with Gasteiger partial charge in [0.15, 0.2) is 0 Å². The molecule has 1 amide bonds. The maximum absolute atomic E-state index is 13.4. The van der Waals surface area contributed by atoms with Crippen LogP contribution in [0.15, 0.2) is 24.3 Å². The molecular formula is C18H26Cl2F3N3O. The molecule has 0 radical (unpaired) electrons. The Balaban J connectivity index is 0.00000364. The summed E-state index contributed by atoms with van der Waals surface area (Å²) in [5.41, 5.74) is 0.0247. The van der Waals surface area contributed by atoms with Crippen LogP contribution in [0.2, 0.25) is 5.02 Å². The molecule has 9 heteroatoms. The third-order valence-electron chi connectivity index (χ3n) is 4.58. The highest BCUT2D eigenvalue weighted by Crippen LogP contribution is 2.27. The molecule has 1 heterocycles. The monoisotopic (exact) mass is 427 g/mol. The Morgan fingerprint density at radius 2 is 1.93 bits per heavy atom. The van der Waals surface area contributed by atoms with Crippen molar-refractivity contribution >= 4 is 29.9 Å². The van der Waals surface area contributed by atoms with Crippen LogP contribution in [0.4, 0.5) is 13.2 Å². The van der Waals surface area contributed by atoms with E-state index in [-0.39, 0.29) is 12.4 Å². The number of piperazine rings is 1. The van der Waals surface area contributed by atoms with E-state index in [2.05, 4.69) is 10.6 Å². The van der Waals surface area contributed by atoms with Crippen LogP contribution in [0.3, 0.4) is 0 Å². The first-order chi connectivity index (χ1) is 12.1. The van der Waals surface area contributed by atoms with Crippen molar-refractivity contribution in [3.63, 3.8) is 0 Å². The summed E-state index contributed by atoms with van der Waals surface area (Å²) in [6.07, 6.45) is -3.99. The van der Waals surface area contributed by atoms with E-state index >= 15 is 0 Å². The zero-order valence-corrected chi connectivity index (χ0v) is 17.0. The van der Waals surface area contributed by atoms with E-state index in [0.29, 0.717) is 37.6 Å². The molecule has 0 bridgehead atoms. The van der Waals surface area contributed by atoms with Gasteiger partial charge in [0, 0.05) is 43.2 Å². The van der Waals surface area contributed by atoms with Gasteiger partial charge in [0.2, 0.25) is 5.91 Å². The van der Waals surface area contributed by atoms with Crippen LogP contribution in [0.5, 0.6) is 0 Å². The van der Waals surface area contributed by atoms with Gasteiger partial charge in [-0.2, -0.15) is 13.2 Å². The summed E-state index contributed by atoms with van der Waals surface area (Å²) in [5, 5.41) is 6.11. The Morgan fingerprint density at radius 1 is 1.30 bits per heavy atom. The molecule has 1 saturated heterocycles. The molecule has 1 aromatic rings. The average molecular weight is 428 g/mol. The molecule has 1 aromatic carbocycles. The summed E-state index contributed by atoms with van der Waals surface area (Å²) in [5.74, 6) is -0.401. The van der Waals surface area contributed by atoms with Crippen LogP contribution in [-0.2, 0) is 11.2 Å². The Hall–Kier alpha value is -1.02. The predicted molar refractivity (Wildman–Crippen MR) is 103 cm³/mol. The Labute approximate surface area is 169 Å². The van der Waals surface area contributed by atoms with E-state index in [4.69, 9.17) is 11.6 Å². The standard InChI is InChI=1S/C18H25ClF3N3O.ClH/c1-17(2,11-13-4-3-5-14(19)10-13)16(26)24-12-15(18(20,21)22)25-8-6-23-7-9-25;/h3-5,10,15,23H,6-9,11-12H2,1-2H3,(H,24,26);1H. The van der Waals surface area contributed by atoms with Crippen LogP contribution >= 0.6 is 24.0 Å². The number of carbonyl (C=O) groups excluding carboxylic acids is 1. The molecule has 27 heavy (non-hydrogen) atoms. The van der Waals surface area contributed by atoms with Crippen molar-refractivity contribution in [3.05, 3.63) is 34.9 Å². The average Bonchev–Trinajstić information content (AvgIpc) is 2.54. The van der Waals surface area contributed by atoms with Crippen molar-refractivity contribution < 1.29 is 18.0 Å². The molecule has 1 fully saturated rings. The number of nitrogens with zero attached hydrogens (tertiary/aromatic N) is 1. The summed E-state index contributed by atoms with van der Waals surface area (Å²) in [6, 6.07) is 5.46. The number of hydrogen-bond donors (Lipinski definition) is 2. The van der Waals surface area contributed by atoms with Crippen molar-refractivity contribution in [2.24, 2.45) is 5.41 Å². The molecule has 4 nitrogen and oxygen atoms in total. The first kappa shape index (κ1) is 24.0. The molecular weight excluding hydrogens is 402 g/mol. The lowest BCUT2D eigenvalue weighted by molar-refractivity contribution is -0.184. The smallest absolute Gasteiger partial charge is 0.354 e. The van der Waals surface area contributed by atoms with Gasteiger partial charge >= 0.3 is 6.18 Å². The molecule has 0 aromatic heterocycles. The van der Waals surface area contributed by atoms with Gasteiger partial charge < -0.3 is 10.6 Å². The highest BCUT2D eigenvalue weighted by Gasteiger charge is 2.44. The molecule has 1 aliphatic rings. The maximum Gasteiger partial charge on any atom is 0.405 e. The SMILES string of the molecule is CC(C)(Cc1cccc(Cl)c1)C(=O)NCC(N1CCNCC1)C(F)(F)F.Cl. The summed E-state index contributed by atoms with van der Waals surface area (Å²) < 4.78 is 40.2. The Morgan fingerprint density at radius 3 is 2.48 bits per heavy atom. The van der Waals surface area contributed by atoms with Gasteiger partial charge in [0.25, 0.3) is 0 Å². The van der Waals surface area contributed by atoms with Crippen molar-refractivity contribution in [1.29, 1.82) is 0 Å². The third-order valence-corrected chi connectivity index (χ3v) is 4.81. The van der Waals surface area contributed by atoms with Crippen LogP contribution < -0.4 is 10.6 Å². The number of hydrogen-bond acceptors (Lipinski definition) is 3. The summed E-state index contributed by atoms with van der Waals surface area (Å²) >= 11 is 5.96. The molecule has 1 unspecified atom stereocenters. The molecule has 0 spiro atoms. The fourth-order valence-electron chi connectivity index (χ4n) is 3.11. The number of carbonyl (C=O) groups is 1. The van der Waals surface area contributed by atoms with Crippen molar-refractivity contribution in [3.8, 4) is 0 Å². The number of rotatable bonds is 6. The van der Waals surface area contributed by atoms with Gasteiger partial charge in [-0.05, 0) is 24.1 Å². The lowest BCUT2D eigenvalue weighted by Crippen LogP contribution is -2.58. The van der Waals surface area contributed by atoms with Crippen LogP contribution in [0.1, 0.15) is 19.4 Å². The minimum Gasteiger partial charge on any atom is -0.354 e. The molecule has 1 atom stereocenters. The largest absolute Gasteiger partial charge is 0.405 e. The number of halogens is 5. The quantitative estimate of drug-likeness (QED) is 0.731. The van der Waals surface area contributed by atoms with Crippen LogP contribution in [0, 0.1) is 5.41 Å². The predicted octanol–water partition coefficient (Wildman–Crippen LogP) is 3.28. The van der Waals surface area contributed by atoms with Gasteiger partial charge in [0.05, 0.1) is 0 Å². The van der Waals surface area contributed by atoms with E-state index in [1.165, 1.54) is 4.90 Å². The first-order valence-corrected chi connectivity index (χ1v) is 9.01. The zero-order chi connectivity index (χ0) is 19.4. The van der Waals surface area contributed by atoms with Gasteiger partial charge in [-0.1, -0.05) is 37.6 Å². The van der Waals surface area contributed by atoms with E-state index in [1.807, 2.05) is 6.07 Å². The summed E-state index contributed by atoms with van der Waals surface area (Å²) in [6.45, 7) is 4.65. The van der Waals surface area contributed by atoms with Gasteiger partial charge in [-0.3, -0.25) is 9.69 Å². The minimum absolute atomic E-state index is 0. The Bertz CT molecular complexity index is 620. The number of nitrogens with one attached hydrogen (secondary N) is 2. The van der Waals surface area contributed by atoms with E-state index in [9.17, 15) is 18.0 Å². The van der Waals surface area contributed by atoms with E-state index in [1.54, 1.807) is 32.0 Å². The first-order valence-electron chi connectivity index (χ1n) is 8.64. The van der Waals surface area contributed by atoms with Crippen LogP contribution in [0.25, 0.3) is 0 Å². The molecule has 1 aliphatic heterocycles. The molecule has 0 saturated carbocycles. The topological polar surface area (TPSA) is 44.4 Å². The van der Waals surface area contributed by atoms with Crippen molar-refractivity contribution in [2.75, 3.05) is 32.7 Å². The third kappa shape index (κ3) is 7.14. The minimum atomic E-state index is -4.39. The second kappa shape index (κ2) is 9.96. The second-order valence-corrected chi connectivity index (χ2v) is 7.68. The van der Waals surface area contributed by atoms with Gasteiger partial charge in [-0.25, -0.2) is 0 Å². The second-order valence-electron chi connectivity index (χ2n) is 7.24. The number of alkyl halides is 3. The number of benzene rings is 1. The van der Waals surface area contributed by atoms with Crippen LogP contribution in [-0.4, -0.2) is 55.7 Å². The molecule has 2 rings (SSSR count). The number of amides is 1. The van der Waals surface area contributed by atoms with Gasteiger partial charge in [0.1, 0.15) is 6.04 Å². The van der Waals surface area contributed by atoms with E-state index in [0.717, 1.165) is 5.56 Å². The van der Waals surface area contributed by atoms with Gasteiger partial charge in [-0.15, -0.1) is 12.4 Å². The zero-order valence-electron chi connectivity index (χ0n) is 15.4. The molecule has 2 N–H and O–H groups in total. The lowest BCUT2D eigenvalue weighted by Gasteiger charge is -2.36. The highest BCUT2D eigenvalue weighted by atomic mass is 35.5. The Kier molecular flexibility index (Phi) is 8.86. The van der Waals surface area contributed by atoms with Crippen molar-refractivity contribution in [1.82, 2.24) is 15.5 Å². The highest BCUT2D eigenvalue weighted by molar-refractivity contribution is 6.30. The summed E-state index contributed by atoms with van der Waals surface area (Å²) in [7, 11) is 0. The maximum atomic E-state index is 13.4. The molecule has 154 valence electrons. The van der Waals surface area contributed by atoms with Crippen molar-refractivity contribution in [2.45, 2.75) is 32.5 Å².